The number of fused-ring (bicyclic) bond motifs is 3. The van der Waals surface area contributed by atoms with E-state index in [9.17, 15) is 19.5 Å². The maximum atomic E-state index is 12.1. The molecule has 212 valence electrons. The van der Waals surface area contributed by atoms with Crippen molar-refractivity contribution in [3.8, 4) is 0 Å². The Balaban J connectivity index is 1.55. The number of aromatic amines is 1. The van der Waals surface area contributed by atoms with Crippen LogP contribution in [0.5, 0.6) is 0 Å². The second kappa shape index (κ2) is 14.9. The SMILES string of the molecule is N/C(=C\C=NCC(=O)NCCCCCCCCC(=O)O)c1cc(Cl)c(Cl)c2[nH]c3c(c12)CN(C(=O)CO)CC3. The molecular formula is C27H35Cl2N5O5. The minimum Gasteiger partial charge on any atom is -0.481 e. The molecule has 0 spiro atoms. The minimum atomic E-state index is -0.755. The molecule has 0 saturated carbocycles. The van der Waals surface area contributed by atoms with Gasteiger partial charge in [0.1, 0.15) is 13.2 Å². The summed E-state index contributed by atoms with van der Waals surface area (Å²) in [6, 6.07) is 1.67. The van der Waals surface area contributed by atoms with Crippen molar-refractivity contribution < 1.29 is 24.6 Å². The number of aromatic nitrogens is 1. The molecule has 0 atom stereocenters. The fourth-order valence-corrected chi connectivity index (χ4v) is 5.03. The quantitative estimate of drug-likeness (QED) is 0.169. The number of allylic oxidation sites excluding steroid dienone is 1. The molecule has 0 saturated heterocycles. The second-order valence-corrected chi connectivity index (χ2v) is 10.3. The Bertz CT molecular complexity index is 1260. The van der Waals surface area contributed by atoms with Crippen molar-refractivity contribution in [1.82, 2.24) is 15.2 Å². The molecule has 2 heterocycles. The Kier molecular flexibility index (Phi) is 11.6. The highest BCUT2D eigenvalue weighted by atomic mass is 35.5. The summed E-state index contributed by atoms with van der Waals surface area (Å²) in [7, 11) is 0. The molecule has 1 aromatic heterocycles. The smallest absolute Gasteiger partial charge is 0.303 e. The summed E-state index contributed by atoms with van der Waals surface area (Å²) < 4.78 is 0. The summed E-state index contributed by atoms with van der Waals surface area (Å²) in [4.78, 5) is 43.7. The first-order valence-electron chi connectivity index (χ1n) is 13.1. The lowest BCUT2D eigenvalue weighted by atomic mass is 9.99. The van der Waals surface area contributed by atoms with Crippen LogP contribution in [0.2, 0.25) is 10.0 Å². The molecule has 6 N–H and O–H groups in total. The van der Waals surface area contributed by atoms with Crippen molar-refractivity contribution in [2.75, 3.05) is 26.2 Å². The maximum Gasteiger partial charge on any atom is 0.303 e. The first-order valence-corrected chi connectivity index (χ1v) is 13.8. The van der Waals surface area contributed by atoms with Crippen LogP contribution < -0.4 is 11.1 Å². The fraction of sp³-hybridized carbons (Fsp3) is 0.481. The molecule has 39 heavy (non-hydrogen) atoms. The van der Waals surface area contributed by atoms with Crippen LogP contribution in [0.1, 0.15) is 61.8 Å². The van der Waals surface area contributed by atoms with Gasteiger partial charge in [-0.2, -0.15) is 0 Å². The number of rotatable bonds is 14. The average Bonchev–Trinajstić information content (AvgIpc) is 3.30. The predicted molar refractivity (Wildman–Crippen MR) is 153 cm³/mol. The summed E-state index contributed by atoms with van der Waals surface area (Å²) in [5.41, 5.74) is 9.84. The van der Waals surface area contributed by atoms with E-state index in [0.29, 0.717) is 59.3 Å². The number of aliphatic hydroxyl groups is 1. The Morgan fingerprint density at radius 1 is 1.15 bits per heavy atom. The van der Waals surface area contributed by atoms with Gasteiger partial charge in [0.25, 0.3) is 0 Å². The molecule has 2 aromatic rings. The highest BCUT2D eigenvalue weighted by Gasteiger charge is 2.27. The highest BCUT2D eigenvalue weighted by molar-refractivity contribution is 6.45. The predicted octanol–water partition coefficient (Wildman–Crippen LogP) is 3.65. The normalized spacial score (nSPS) is 13.7. The van der Waals surface area contributed by atoms with E-state index in [2.05, 4.69) is 15.3 Å². The summed E-state index contributed by atoms with van der Waals surface area (Å²) in [5, 5.41) is 22.2. The van der Waals surface area contributed by atoms with Crippen molar-refractivity contribution in [3.63, 3.8) is 0 Å². The standard InChI is InChI=1S/C27H35Cl2N5O5/c28-19-13-17(25-18-15-34(23(37)16-35)12-9-21(18)33-27(25)26(19)29)20(30)8-11-31-14-22(36)32-10-6-4-2-1-3-5-7-24(38)39/h8,11,13,33,35H,1-7,9-10,12,14-16,30H2,(H,32,36)(H,38,39)/b20-8-,31-11?. The molecule has 10 nitrogen and oxygen atoms in total. The first kappa shape index (κ1) is 30.5. The summed E-state index contributed by atoms with van der Waals surface area (Å²) in [6.07, 6.45) is 9.32. The summed E-state index contributed by atoms with van der Waals surface area (Å²) >= 11 is 12.9. The number of carbonyl (C=O) groups is 3. The van der Waals surface area contributed by atoms with Crippen LogP contribution in [0.25, 0.3) is 16.6 Å². The zero-order valence-corrected chi connectivity index (χ0v) is 23.3. The molecule has 1 aliphatic rings. The Morgan fingerprint density at radius 3 is 2.59 bits per heavy atom. The average molecular weight is 581 g/mol. The van der Waals surface area contributed by atoms with Crippen LogP contribution in [-0.4, -0.2) is 70.3 Å². The number of aliphatic carboxylic acids is 1. The van der Waals surface area contributed by atoms with Crippen LogP contribution in [0.4, 0.5) is 0 Å². The summed E-state index contributed by atoms with van der Waals surface area (Å²) in [5.74, 6) is -1.29. The van der Waals surface area contributed by atoms with Gasteiger partial charge in [-0.15, -0.1) is 0 Å². The van der Waals surface area contributed by atoms with Crippen molar-refractivity contribution in [3.05, 3.63) is 39.0 Å². The zero-order chi connectivity index (χ0) is 28.4. The molecule has 0 radical (unpaired) electrons. The lowest BCUT2D eigenvalue weighted by Gasteiger charge is -2.27. The number of nitrogens with one attached hydrogen (secondary N) is 2. The van der Waals surface area contributed by atoms with E-state index in [0.717, 1.165) is 48.7 Å². The van der Waals surface area contributed by atoms with Gasteiger partial charge in [0.05, 0.1) is 15.6 Å². The Morgan fingerprint density at radius 2 is 1.87 bits per heavy atom. The molecule has 0 aliphatic carbocycles. The number of hydrogen-bond acceptors (Lipinski definition) is 6. The molecule has 2 amide bonds. The number of amides is 2. The van der Waals surface area contributed by atoms with Gasteiger partial charge in [-0.1, -0.05) is 48.9 Å². The third-order valence-corrected chi connectivity index (χ3v) is 7.46. The minimum absolute atomic E-state index is 0.0342. The van der Waals surface area contributed by atoms with Gasteiger partial charge in [-0.25, -0.2) is 0 Å². The third kappa shape index (κ3) is 8.45. The van der Waals surface area contributed by atoms with E-state index in [1.807, 2.05) is 0 Å². The number of nitrogens with two attached hydrogens (primary N) is 1. The number of hydrogen-bond donors (Lipinski definition) is 5. The van der Waals surface area contributed by atoms with Gasteiger partial charge in [0, 0.05) is 66.6 Å². The molecular weight excluding hydrogens is 545 g/mol. The molecule has 0 bridgehead atoms. The number of carbonyl (C=O) groups excluding carboxylic acids is 2. The molecule has 12 heteroatoms. The van der Waals surface area contributed by atoms with E-state index in [1.54, 1.807) is 17.0 Å². The first-order chi connectivity index (χ1) is 18.7. The number of halogens is 2. The van der Waals surface area contributed by atoms with Gasteiger partial charge in [-0.3, -0.25) is 19.4 Å². The van der Waals surface area contributed by atoms with Gasteiger partial charge in [-0.05, 0) is 25.0 Å². The number of aliphatic imine (C=N–C) groups is 1. The number of carboxylic acids is 1. The number of aliphatic hydroxyl groups excluding tert-OH is 1. The van der Waals surface area contributed by atoms with Crippen LogP contribution in [-0.2, 0) is 27.3 Å². The highest BCUT2D eigenvalue weighted by Crippen LogP contribution is 2.39. The lowest BCUT2D eigenvalue weighted by Crippen LogP contribution is -2.37. The number of H-pyrrole nitrogens is 1. The van der Waals surface area contributed by atoms with Crippen LogP contribution in [0, 0.1) is 0 Å². The third-order valence-electron chi connectivity index (χ3n) is 6.68. The maximum absolute atomic E-state index is 12.1. The number of unbranched alkanes of at least 4 members (excludes halogenated alkanes) is 5. The van der Waals surface area contributed by atoms with Crippen molar-refractivity contribution in [2.45, 2.75) is 57.9 Å². The van der Waals surface area contributed by atoms with Gasteiger partial charge < -0.3 is 31.1 Å². The van der Waals surface area contributed by atoms with E-state index < -0.39 is 12.6 Å². The van der Waals surface area contributed by atoms with Crippen LogP contribution in [0.15, 0.2) is 17.1 Å². The van der Waals surface area contributed by atoms with Crippen molar-refractivity contribution >= 4 is 63.8 Å². The van der Waals surface area contributed by atoms with Gasteiger partial charge in [0.15, 0.2) is 0 Å². The Hall–Kier alpha value is -3.08. The van der Waals surface area contributed by atoms with Gasteiger partial charge >= 0.3 is 5.97 Å². The van der Waals surface area contributed by atoms with E-state index in [4.69, 9.17) is 34.0 Å². The van der Waals surface area contributed by atoms with E-state index >= 15 is 0 Å². The number of carboxylic acid groups (broad SMARTS) is 1. The largest absolute Gasteiger partial charge is 0.481 e. The molecule has 1 aromatic carbocycles. The number of nitrogens with zero attached hydrogens (tertiary/aromatic N) is 2. The number of benzene rings is 1. The summed E-state index contributed by atoms with van der Waals surface area (Å²) in [6.45, 7) is 0.768. The monoisotopic (exact) mass is 579 g/mol. The molecule has 0 fully saturated rings. The van der Waals surface area contributed by atoms with Crippen LogP contribution in [0.3, 0.4) is 0 Å². The molecule has 1 aliphatic heterocycles. The second-order valence-electron chi connectivity index (χ2n) is 9.50. The fourth-order valence-electron chi connectivity index (χ4n) is 4.63. The van der Waals surface area contributed by atoms with Crippen molar-refractivity contribution in [1.29, 1.82) is 0 Å². The van der Waals surface area contributed by atoms with Crippen molar-refractivity contribution in [2.24, 2.45) is 10.7 Å². The molecule has 3 rings (SSSR count). The Labute approximate surface area is 237 Å². The molecule has 0 unspecified atom stereocenters. The van der Waals surface area contributed by atoms with Crippen LogP contribution >= 0.6 is 23.2 Å². The van der Waals surface area contributed by atoms with Gasteiger partial charge in [0.2, 0.25) is 11.8 Å². The van der Waals surface area contributed by atoms with E-state index in [1.165, 1.54) is 6.21 Å². The lowest BCUT2D eigenvalue weighted by molar-refractivity contribution is -0.137. The topological polar surface area (TPSA) is 161 Å². The van der Waals surface area contributed by atoms with E-state index in [-0.39, 0.29) is 24.8 Å². The zero-order valence-electron chi connectivity index (χ0n) is 21.8.